The molecule has 0 spiro atoms. The van der Waals surface area contributed by atoms with E-state index in [2.05, 4.69) is 21.4 Å². The number of imidazole rings is 1. The molecule has 0 unspecified atom stereocenters. The molecule has 152 valence electrons. The van der Waals surface area contributed by atoms with Gasteiger partial charge in [-0.05, 0) is 35.9 Å². The SMILES string of the molecule is N#Cc1ccccc1-c1ccccc1C(=O)Nc1ccc(-c2cn3cccnc3n2)cc1. The van der Waals surface area contributed by atoms with E-state index in [0.717, 1.165) is 22.4 Å². The highest BCUT2D eigenvalue weighted by Crippen LogP contribution is 2.28. The molecule has 0 aliphatic heterocycles. The molecule has 0 saturated heterocycles. The molecule has 0 aliphatic rings. The van der Waals surface area contributed by atoms with Crippen LogP contribution in [0.4, 0.5) is 5.69 Å². The van der Waals surface area contributed by atoms with Crippen molar-refractivity contribution < 1.29 is 4.79 Å². The normalized spacial score (nSPS) is 10.6. The molecule has 0 radical (unpaired) electrons. The maximum Gasteiger partial charge on any atom is 0.256 e. The predicted octanol–water partition coefficient (Wildman–Crippen LogP) is 5.19. The van der Waals surface area contributed by atoms with Gasteiger partial charge in [-0.1, -0.05) is 48.5 Å². The third-order valence-corrected chi connectivity index (χ3v) is 5.18. The van der Waals surface area contributed by atoms with E-state index in [9.17, 15) is 10.1 Å². The van der Waals surface area contributed by atoms with Gasteiger partial charge in [0.25, 0.3) is 5.91 Å². The van der Waals surface area contributed by atoms with E-state index >= 15 is 0 Å². The molecule has 5 rings (SSSR count). The molecule has 0 saturated carbocycles. The van der Waals surface area contributed by atoms with Crippen molar-refractivity contribution >= 4 is 17.4 Å². The largest absolute Gasteiger partial charge is 0.322 e. The van der Waals surface area contributed by atoms with Gasteiger partial charge in [-0.3, -0.25) is 9.20 Å². The zero-order valence-corrected chi connectivity index (χ0v) is 16.9. The lowest BCUT2D eigenvalue weighted by molar-refractivity contribution is 0.102. The van der Waals surface area contributed by atoms with Gasteiger partial charge in [-0.2, -0.15) is 5.26 Å². The second-order valence-corrected chi connectivity index (χ2v) is 7.19. The second-order valence-electron chi connectivity index (χ2n) is 7.19. The minimum atomic E-state index is -0.238. The van der Waals surface area contributed by atoms with Crippen LogP contribution in [0.3, 0.4) is 0 Å². The lowest BCUT2D eigenvalue weighted by atomic mass is 9.95. The van der Waals surface area contributed by atoms with Crippen LogP contribution in [-0.4, -0.2) is 20.3 Å². The van der Waals surface area contributed by atoms with Gasteiger partial charge >= 0.3 is 0 Å². The zero-order chi connectivity index (χ0) is 21.9. The van der Waals surface area contributed by atoms with Gasteiger partial charge in [0.05, 0.1) is 17.3 Å². The Morgan fingerprint density at radius 2 is 1.66 bits per heavy atom. The first kappa shape index (κ1) is 19.2. The third kappa shape index (κ3) is 3.59. The summed E-state index contributed by atoms with van der Waals surface area (Å²) >= 11 is 0. The average molecular weight is 415 g/mol. The first-order chi connectivity index (χ1) is 15.7. The fourth-order valence-corrected chi connectivity index (χ4v) is 3.62. The van der Waals surface area contributed by atoms with E-state index in [0.29, 0.717) is 22.6 Å². The summed E-state index contributed by atoms with van der Waals surface area (Å²) in [6, 6.07) is 26.1. The summed E-state index contributed by atoms with van der Waals surface area (Å²) in [6.07, 6.45) is 5.52. The maximum atomic E-state index is 13.1. The van der Waals surface area contributed by atoms with Gasteiger partial charge in [0, 0.05) is 41.0 Å². The van der Waals surface area contributed by atoms with E-state index in [-0.39, 0.29) is 5.91 Å². The minimum absolute atomic E-state index is 0.238. The van der Waals surface area contributed by atoms with Crippen LogP contribution in [0, 0.1) is 11.3 Å². The molecular weight excluding hydrogens is 398 g/mol. The van der Waals surface area contributed by atoms with Crippen molar-refractivity contribution in [2.24, 2.45) is 0 Å². The fraction of sp³-hybridized carbons (Fsp3) is 0. The highest BCUT2D eigenvalue weighted by molar-refractivity contribution is 6.09. The smallest absolute Gasteiger partial charge is 0.256 e. The number of hydrogen-bond donors (Lipinski definition) is 1. The maximum absolute atomic E-state index is 13.1. The molecule has 0 bridgehead atoms. The number of aromatic nitrogens is 3. The minimum Gasteiger partial charge on any atom is -0.322 e. The number of nitriles is 1. The Morgan fingerprint density at radius 3 is 2.44 bits per heavy atom. The molecule has 0 atom stereocenters. The van der Waals surface area contributed by atoms with E-state index in [1.165, 1.54) is 0 Å². The summed E-state index contributed by atoms with van der Waals surface area (Å²) in [5.74, 6) is 0.396. The number of nitrogens with zero attached hydrogens (tertiary/aromatic N) is 4. The van der Waals surface area contributed by atoms with Crippen molar-refractivity contribution in [2.75, 3.05) is 5.32 Å². The third-order valence-electron chi connectivity index (χ3n) is 5.18. The molecule has 0 fully saturated rings. The molecule has 5 aromatic rings. The van der Waals surface area contributed by atoms with Crippen molar-refractivity contribution in [3.8, 4) is 28.5 Å². The summed E-state index contributed by atoms with van der Waals surface area (Å²) < 4.78 is 1.86. The summed E-state index contributed by atoms with van der Waals surface area (Å²) in [5.41, 5.74) is 4.89. The lowest BCUT2D eigenvalue weighted by Crippen LogP contribution is -2.13. The molecule has 1 N–H and O–H groups in total. The number of benzene rings is 3. The quantitative estimate of drug-likeness (QED) is 0.438. The highest BCUT2D eigenvalue weighted by atomic mass is 16.1. The number of anilines is 1. The Balaban J connectivity index is 1.41. The number of fused-ring (bicyclic) bond motifs is 1. The van der Waals surface area contributed by atoms with E-state index in [1.54, 1.807) is 18.3 Å². The van der Waals surface area contributed by atoms with Crippen molar-refractivity contribution in [1.29, 1.82) is 5.26 Å². The van der Waals surface area contributed by atoms with Crippen molar-refractivity contribution in [3.63, 3.8) is 0 Å². The Bertz CT molecular complexity index is 1450. The van der Waals surface area contributed by atoms with E-state index in [1.807, 2.05) is 83.5 Å². The molecule has 2 aromatic heterocycles. The van der Waals surface area contributed by atoms with Gasteiger partial charge in [-0.15, -0.1) is 0 Å². The van der Waals surface area contributed by atoms with Crippen LogP contribution in [-0.2, 0) is 0 Å². The number of carbonyl (C=O) groups is 1. The number of amides is 1. The molecule has 1 amide bonds. The van der Waals surface area contributed by atoms with Crippen LogP contribution in [0.15, 0.2) is 97.5 Å². The summed E-state index contributed by atoms with van der Waals surface area (Å²) in [5, 5.41) is 12.4. The number of hydrogen-bond acceptors (Lipinski definition) is 4. The van der Waals surface area contributed by atoms with E-state index < -0.39 is 0 Å². The van der Waals surface area contributed by atoms with Crippen molar-refractivity contribution in [3.05, 3.63) is 109 Å². The monoisotopic (exact) mass is 415 g/mol. The summed E-state index contributed by atoms with van der Waals surface area (Å²) in [7, 11) is 0. The van der Waals surface area contributed by atoms with Gasteiger partial charge in [0.1, 0.15) is 0 Å². The first-order valence-corrected chi connectivity index (χ1v) is 10.0. The highest BCUT2D eigenvalue weighted by Gasteiger charge is 2.15. The molecule has 6 heteroatoms. The van der Waals surface area contributed by atoms with Crippen LogP contribution < -0.4 is 5.32 Å². The van der Waals surface area contributed by atoms with Gasteiger partial charge in [0.15, 0.2) is 0 Å². The summed E-state index contributed by atoms with van der Waals surface area (Å²) in [4.78, 5) is 21.8. The molecule has 32 heavy (non-hydrogen) atoms. The van der Waals surface area contributed by atoms with Crippen LogP contribution >= 0.6 is 0 Å². The predicted molar refractivity (Wildman–Crippen MR) is 123 cm³/mol. The van der Waals surface area contributed by atoms with E-state index in [4.69, 9.17) is 0 Å². The van der Waals surface area contributed by atoms with Crippen LogP contribution in [0.2, 0.25) is 0 Å². The fourth-order valence-electron chi connectivity index (χ4n) is 3.62. The standard InChI is InChI=1S/C26H17N5O/c27-16-19-6-1-2-7-21(19)22-8-3-4-9-23(22)25(32)29-20-12-10-18(11-13-20)24-17-31-15-5-14-28-26(31)30-24/h1-15,17H,(H,29,32). The van der Waals surface area contributed by atoms with Gasteiger partial charge in [-0.25, -0.2) is 9.97 Å². The molecule has 6 nitrogen and oxygen atoms in total. The Labute approximate surface area is 184 Å². The Hall–Kier alpha value is -4.76. The topological polar surface area (TPSA) is 83.1 Å². The summed E-state index contributed by atoms with van der Waals surface area (Å²) in [6.45, 7) is 0. The molecule has 2 heterocycles. The number of rotatable bonds is 4. The van der Waals surface area contributed by atoms with Gasteiger partial charge in [0.2, 0.25) is 5.78 Å². The Kier molecular flexibility index (Phi) is 4.91. The van der Waals surface area contributed by atoms with Crippen molar-refractivity contribution in [1.82, 2.24) is 14.4 Å². The number of nitrogens with one attached hydrogen (secondary N) is 1. The van der Waals surface area contributed by atoms with Crippen LogP contribution in [0.1, 0.15) is 15.9 Å². The zero-order valence-electron chi connectivity index (χ0n) is 16.9. The Morgan fingerprint density at radius 1 is 0.906 bits per heavy atom. The first-order valence-electron chi connectivity index (χ1n) is 10.0. The van der Waals surface area contributed by atoms with Crippen molar-refractivity contribution in [2.45, 2.75) is 0 Å². The number of carbonyl (C=O) groups excluding carboxylic acids is 1. The van der Waals surface area contributed by atoms with Crippen LogP contribution in [0.25, 0.3) is 28.2 Å². The molecule has 3 aromatic carbocycles. The lowest BCUT2D eigenvalue weighted by Gasteiger charge is -2.12. The van der Waals surface area contributed by atoms with Crippen LogP contribution in [0.5, 0.6) is 0 Å². The molecular formula is C26H17N5O. The second kappa shape index (κ2) is 8.17. The molecule has 0 aliphatic carbocycles. The van der Waals surface area contributed by atoms with Gasteiger partial charge < -0.3 is 5.32 Å². The average Bonchev–Trinajstić information content (AvgIpc) is 3.29.